The Hall–Kier alpha value is -1.33. The average molecular weight is 329 g/mol. The third-order valence-corrected chi connectivity index (χ3v) is 4.34. The molecule has 0 aliphatic heterocycles. The summed E-state index contributed by atoms with van der Waals surface area (Å²) in [5, 5.41) is 3.19. The highest BCUT2D eigenvalue weighted by atomic mass is 14.8. The minimum absolute atomic E-state index is 1.09. The summed E-state index contributed by atoms with van der Waals surface area (Å²) in [6.45, 7) is 1.15. The summed E-state index contributed by atoms with van der Waals surface area (Å²) in [6, 6.07) is 4.20. The number of rotatable bonds is 14. The standard InChI is InChI=1S/C22H36N2/c1-23-19-15-13-11-9-7-5-3-2-4-6-8-10-12-14-17-22-18-16-20-24-21-22/h16,18,20-21,23H,2,4,6-15,17,19H2,1H3. The van der Waals surface area contributed by atoms with Crippen molar-refractivity contribution in [3.05, 3.63) is 30.1 Å². The van der Waals surface area contributed by atoms with Crippen LogP contribution in [0.3, 0.4) is 0 Å². The lowest BCUT2D eigenvalue weighted by molar-refractivity contribution is 0.598. The van der Waals surface area contributed by atoms with E-state index in [9.17, 15) is 0 Å². The molecule has 0 fully saturated rings. The Morgan fingerprint density at radius 1 is 0.833 bits per heavy atom. The van der Waals surface area contributed by atoms with E-state index in [1.807, 2.05) is 25.5 Å². The van der Waals surface area contributed by atoms with Gasteiger partial charge in [-0.2, -0.15) is 0 Å². The molecule has 0 aromatic carbocycles. The molecule has 2 heteroatoms. The third-order valence-electron chi connectivity index (χ3n) is 4.34. The maximum Gasteiger partial charge on any atom is 0.0299 e. The van der Waals surface area contributed by atoms with Gasteiger partial charge in [0.1, 0.15) is 0 Å². The first-order valence-electron chi connectivity index (χ1n) is 9.92. The maximum absolute atomic E-state index is 4.16. The smallest absolute Gasteiger partial charge is 0.0299 e. The van der Waals surface area contributed by atoms with Crippen LogP contribution >= 0.6 is 0 Å². The fraction of sp³-hybridized carbons (Fsp3) is 0.682. The van der Waals surface area contributed by atoms with Crippen molar-refractivity contribution >= 4 is 0 Å². The highest BCUT2D eigenvalue weighted by molar-refractivity contribution is 5.08. The minimum atomic E-state index is 1.09. The molecule has 0 bridgehead atoms. The molecule has 0 amide bonds. The lowest BCUT2D eigenvalue weighted by Crippen LogP contribution is -2.06. The molecule has 1 rings (SSSR count). The second kappa shape index (κ2) is 16.5. The van der Waals surface area contributed by atoms with Crippen LogP contribution in [0.5, 0.6) is 0 Å². The van der Waals surface area contributed by atoms with E-state index in [0.717, 1.165) is 19.4 Å². The summed E-state index contributed by atoms with van der Waals surface area (Å²) in [4.78, 5) is 4.16. The maximum atomic E-state index is 4.16. The number of aryl methyl sites for hydroxylation is 1. The molecular formula is C22H36N2. The lowest BCUT2D eigenvalue weighted by atomic mass is 10.1. The van der Waals surface area contributed by atoms with Crippen molar-refractivity contribution in [3.8, 4) is 11.8 Å². The Kier molecular flexibility index (Phi) is 14.3. The van der Waals surface area contributed by atoms with E-state index in [4.69, 9.17) is 0 Å². The Bertz CT molecular complexity index is 430. The van der Waals surface area contributed by atoms with Gasteiger partial charge in [-0.3, -0.25) is 4.98 Å². The molecule has 134 valence electrons. The Labute approximate surface area is 149 Å². The molecule has 1 N–H and O–H groups in total. The molecule has 2 nitrogen and oxygen atoms in total. The van der Waals surface area contributed by atoms with E-state index < -0.39 is 0 Å². The summed E-state index contributed by atoms with van der Waals surface area (Å²) in [5.41, 5.74) is 1.37. The minimum Gasteiger partial charge on any atom is -0.320 e. The number of nitrogens with one attached hydrogen (secondary N) is 1. The molecule has 0 spiro atoms. The number of nitrogens with zero attached hydrogens (tertiary/aromatic N) is 1. The quantitative estimate of drug-likeness (QED) is 0.359. The van der Waals surface area contributed by atoms with Gasteiger partial charge >= 0.3 is 0 Å². The Morgan fingerprint density at radius 2 is 1.46 bits per heavy atom. The second-order valence-electron chi connectivity index (χ2n) is 6.60. The van der Waals surface area contributed by atoms with Gasteiger partial charge in [-0.25, -0.2) is 0 Å². The van der Waals surface area contributed by atoms with E-state index in [0.29, 0.717) is 0 Å². The normalized spacial score (nSPS) is 10.4. The van der Waals surface area contributed by atoms with E-state index in [-0.39, 0.29) is 0 Å². The van der Waals surface area contributed by atoms with Crippen molar-refractivity contribution in [1.82, 2.24) is 10.3 Å². The molecule has 0 aliphatic carbocycles. The van der Waals surface area contributed by atoms with Crippen LogP contribution in [0.15, 0.2) is 24.5 Å². The highest BCUT2D eigenvalue weighted by Gasteiger charge is 1.94. The predicted octanol–water partition coefficient (Wildman–Crippen LogP) is 5.53. The van der Waals surface area contributed by atoms with Crippen LogP contribution in [0.1, 0.15) is 82.6 Å². The van der Waals surface area contributed by atoms with Crippen LogP contribution in [0.25, 0.3) is 0 Å². The second-order valence-corrected chi connectivity index (χ2v) is 6.60. The first-order chi connectivity index (χ1) is 11.9. The number of hydrogen-bond acceptors (Lipinski definition) is 2. The summed E-state index contributed by atoms with van der Waals surface area (Å²) in [6.07, 6.45) is 20.4. The van der Waals surface area contributed by atoms with E-state index in [2.05, 4.69) is 28.2 Å². The molecule has 24 heavy (non-hydrogen) atoms. The first kappa shape index (κ1) is 20.7. The van der Waals surface area contributed by atoms with Crippen LogP contribution in [-0.4, -0.2) is 18.6 Å². The van der Waals surface area contributed by atoms with Crippen molar-refractivity contribution < 1.29 is 0 Å². The Morgan fingerprint density at radius 3 is 2.08 bits per heavy atom. The SMILES string of the molecule is CNCCCCCCC#CCCCCCCCCc1cccnc1. The number of pyridine rings is 1. The van der Waals surface area contributed by atoms with Crippen molar-refractivity contribution in [2.75, 3.05) is 13.6 Å². The van der Waals surface area contributed by atoms with Crippen LogP contribution in [0.2, 0.25) is 0 Å². The van der Waals surface area contributed by atoms with Crippen LogP contribution in [0.4, 0.5) is 0 Å². The fourth-order valence-corrected chi connectivity index (χ4v) is 2.84. The number of hydrogen-bond donors (Lipinski definition) is 1. The molecule has 0 unspecified atom stereocenters. The zero-order valence-corrected chi connectivity index (χ0v) is 15.7. The average Bonchev–Trinajstić information content (AvgIpc) is 2.62. The molecule has 0 saturated carbocycles. The molecule has 1 aromatic rings. The monoisotopic (exact) mass is 328 g/mol. The van der Waals surface area contributed by atoms with E-state index in [1.165, 1.54) is 76.2 Å². The van der Waals surface area contributed by atoms with Gasteiger partial charge in [-0.1, -0.05) is 44.6 Å². The summed E-state index contributed by atoms with van der Waals surface area (Å²) < 4.78 is 0. The van der Waals surface area contributed by atoms with Gasteiger partial charge in [0.25, 0.3) is 0 Å². The number of aromatic nitrogens is 1. The predicted molar refractivity (Wildman–Crippen MR) is 105 cm³/mol. The van der Waals surface area contributed by atoms with Gasteiger partial charge in [0.05, 0.1) is 0 Å². The molecule has 1 aromatic heterocycles. The van der Waals surface area contributed by atoms with E-state index in [1.54, 1.807) is 0 Å². The summed E-state index contributed by atoms with van der Waals surface area (Å²) in [5.74, 6) is 6.68. The molecule has 0 atom stereocenters. The van der Waals surface area contributed by atoms with Gasteiger partial charge in [-0.05, 0) is 57.3 Å². The topological polar surface area (TPSA) is 24.9 Å². The zero-order valence-electron chi connectivity index (χ0n) is 15.7. The zero-order chi connectivity index (χ0) is 17.1. The molecule has 0 aliphatic rings. The summed E-state index contributed by atoms with van der Waals surface area (Å²) in [7, 11) is 2.02. The summed E-state index contributed by atoms with van der Waals surface area (Å²) >= 11 is 0. The van der Waals surface area contributed by atoms with Gasteiger partial charge < -0.3 is 5.32 Å². The largest absolute Gasteiger partial charge is 0.320 e. The van der Waals surface area contributed by atoms with Gasteiger partial charge in [0.2, 0.25) is 0 Å². The van der Waals surface area contributed by atoms with Crippen molar-refractivity contribution in [2.45, 2.75) is 83.5 Å². The number of unbranched alkanes of at least 4 members (excludes halogenated alkanes) is 10. The first-order valence-corrected chi connectivity index (χ1v) is 9.92. The molecule has 0 saturated heterocycles. The van der Waals surface area contributed by atoms with Gasteiger partial charge in [0, 0.05) is 25.2 Å². The highest BCUT2D eigenvalue weighted by Crippen LogP contribution is 2.10. The van der Waals surface area contributed by atoms with Crippen molar-refractivity contribution in [3.63, 3.8) is 0 Å². The fourth-order valence-electron chi connectivity index (χ4n) is 2.84. The Balaban J connectivity index is 1.78. The van der Waals surface area contributed by atoms with Crippen molar-refractivity contribution in [2.24, 2.45) is 0 Å². The van der Waals surface area contributed by atoms with Crippen LogP contribution in [0, 0.1) is 11.8 Å². The molecule has 0 radical (unpaired) electrons. The van der Waals surface area contributed by atoms with Gasteiger partial charge in [0.15, 0.2) is 0 Å². The van der Waals surface area contributed by atoms with Crippen LogP contribution < -0.4 is 5.32 Å². The van der Waals surface area contributed by atoms with Crippen LogP contribution in [-0.2, 0) is 6.42 Å². The van der Waals surface area contributed by atoms with Crippen molar-refractivity contribution in [1.29, 1.82) is 0 Å². The molecular weight excluding hydrogens is 292 g/mol. The van der Waals surface area contributed by atoms with E-state index >= 15 is 0 Å². The third kappa shape index (κ3) is 13.1. The molecule has 1 heterocycles. The lowest BCUT2D eigenvalue weighted by Gasteiger charge is -2.01. The van der Waals surface area contributed by atoms with Gasteiger partial charge in [-0.15, -0.1) is 11.8 Å².